The molecular formula is C10H15F6O3PS2. The first-order chi connectivity index (χ1) is 9.81. The first-order valence-corrected chi connectivity index (χ1v) is 9.64. The molecule has 0 radical (unpaired) electrons. The summed E-state index contributed by atoms with van der Waals surface area (Å²) in [5.74, 6) is 0. The summed E-state index contributed by atoms with van der Waals surface area (Å²) < 4.78 is 93.4. The lowest BCUT2D eigenvalue weighted by Gasteiger charge is -2.34. The van der Waals surface area contributed by atoms with E-state index in [0.717, 1.165) is 23.5 Å². The predicted octanol–water partition coefficient (Wildman–Crippen LogP) is 5.27. The highest BCUT2D eigenvalue weighted by atomic mass is 32.2. The molecule has 1 heterocycles. The molecule has 0 aromatic carbocycles. The Labute approximate surface area is 132 Å². The van der Waals surface area contributed by atoms with E-state index < -0.39 is 37.5 Å². The van der Waals surface area contributed by atoms with Gasteiger partial charge in [-0.15, -0.1) is 23.5 Å². The Morgan fingerprint density at radius 3 is 1.64 bits per heavy atom. The fourth-order valence-electron chi connectivity index (χ4n) is 1.64. The molecule has 1 saturated heterocycles. The van der Waals surface area contributed by atoms with Crippen LogP contribution in [0.25, 0.3) is 0 Å². The Hall–Kier alpha value is 0.430. The SMILES string of the molecule is C[C@@H]1C[C@H](C)SC(P(=O)(OCC(F)(F)F)OCC(F)(F)F)S1. The molecule has 3 atom stereocenters. The summed E-state index contributed by atoms with van der Waals surface area (Å²) in [6, 6.07) is 0. The maximum atomic E-state index is 12.5. The molecular weight excluding hydrogens is 377 g/mol. The second-order valence-electron chi connectivity index (χ2n) is 4.75. The molecule has 3 nitrogen and oxygen atoms in total. The van der Waals surface area contributed by atoms with Gasteiger partial charge in [0.1, 0.15) is 0 Å². The number of hydrogen-bond acceptors (Lipinski definition) is 5. The highest BCUT2D eigenvalue weighted by Gasteiger charge is 2.46. The van der Waals surface area contributed by atoms with Crippen molar-refractivity contribution in [2.24, 2.45) is 0 Å². The summed E-state index contributed by atoms with van der Waals surface area (Å²) in [6.45, 7) is -0.317. The summed E-state index contributed by atoms with van der Waals surface area (Å²) in [6.07, 6.45) is -8.92. The van der Waals surface area contributed by atoms with Gasteiger partial charge in [-0.3, -0.25) is 13.6 Å². The summed E-state index contributed by atoms with van der Waals surface area (Å²) in [4.78, 5) is 0. The number of halogens is 6. The Morgan fingerprint density at radius 1 is 0.955 bits per heavy atom. The third kappa shape index (κ3) is 7.33. The van der Waals surface area contributed by atoms with Gasteiger partial charge >= 0.3 is 19.9 Å². The molecule has 0 spiro atoms. The van der Waals surface area contributed by atoms with Crippen molar-refractivity contribution in [3.05, 3.63) is 0 Å². The highest BCUT2D eigenvalue weighted by Crippen LogP contribution is 2.65. The van der Waals surface area contributed by atoms with E-state index in [1.54, 1.807) is 13.8 Å². The van der Waals surface area contributed by atoms with Crippen molar-refractivity contribution >= 4 is 31.1 Å². The van der Waals surface area contributed by atoms with E-state index in [-0.39, 0.29) is 10.5 Å². The molecule has 1 aliphatic heterocycles. The van der Waals surface area contributed by atoms with Crippen molar-refractivity contribution in [1.29, 1.82) is 0 Å². The molecule has 132 valence electrons. The molecule has 1 fully saturated rings. The lowest BCUT2D eigenvalue weighted by atomic mass is 10.3. The average molecular weight is 392 g/mol. The molecule has 1 aliphatic rings. The van der Waals surface area contributed by atoms with Crippen LogP contribution in [0.2, 0.25) is 0 Å². The summed E-state index contributed by atoms with van der Waals surface area (Å²) in [7, 11) is -4.58. The summed E-state index contributed by atoms with van der Waals surface area (Å²) >= 11 is 2.03. The Morgan fingerprint density at radius 2 is 1.32 bits per heavy atom. The molecule has 0 N–H and O–H groups in total. The third-order valence-electron chi connectivity index (χ3n) is 2.44. The van der Waals surface area contributed by atoms with E-state index in [2.05, 4.69) is 9.05 Å². The number of alkyl halides is 6. The van der Waals surface area contributed by atoms with Crippen molar-refractivity contribution in [3.63, 3.8) is 0 Å². The van der Waals surface area contributed by atoms with Crippen molar-refractivity contribution in [1.82, 2.24) is 0 Å². The smallest absolute Gasteiger partial charge is 0.298 e. The molecule has 0 bridgehead atoms. The Balaban J connectivity index is 2.86. The van der Waals surface area contributed by atoms with Gasteiger partial charge in [-0.25, -0.2) is 0 Å². The van der Waals surface area contributed by atoms with Gasteiger partial charge in [-0.1, -0.05) is 13.8 Å². The largest absolute Gasteiger partial charge is 0.412 e. The normalized spacial score (nSPS) is 27.9. The quantitative estimate of drug-likeness (QED) is 0.471. The van der Waals surface area contributed by atoms with Crippen LogP contribution in [0.5, 0.6) is 0 Å². The zero-order valence-electron chi connectivity index (χ0n) is 11.6. The van der Waals surface area contributed by atoms with Crippen molar-refractivity contribution in [2.75, 3.05) is 13.2 Å². The van der Waals surface area contributed by atoms with E-state index in [1.807, 2.05) is 0 Å². The minimum atomic E-state index is -4.81. The zero-order valence-corrected chi connectivity index (χ0v) is 14.1. The molecule has 0 saturated carbocycles. The van der Waals surface area contributed by atoms with E-state index in [1.165, 1.54) is 0 Å². The van der Waals surface area contributed by atoms with E-state index in [9.17, 15) is 30.9 Å². The second kappa shape index (κ2) is 7.55. The molecule has 1 rings (SSSR count). The minimum Gasteiger partial charge on any atom is -0.298 e. The molecule has 22 heavy (non-hydrogen) atoms. The number of thioether (sulfide) groups is 2. The highest BCUT2D eigenvalue weighted by molar-refractivity contribution is 8.24. The van der Waals surface area contributed by atoms with Crippen LogP contribution < -0.4 is 0 Å². The fraction of sp³-hybridized carbons (Fsp3) is 1.00. The maximum Gasteiger partial charge on any atom is 0.412 e. The van der Waals surface area contributed by atoms with Gasteiger partial charge in [-0.05, 0) is 6.42 Å². The standard InChI is InChI=1S/C10H15F6O3PS2/c1-6-3-7(2)22-8(21-6)20(17,18-4-9(11,12)13)19-5-10(14,15)16/h6-8H,3-5H2,1-2H3/t6-,7+,8?. The monoisotopic (exact) mass is 392 g/mol. The Kier molecular flexibility index (Phi) is 7.02. The van der Waals surface area contributed by atoms with Crippen LogP contribution in [0.15, 0.2) is 0 Å². The van der Waals surface area contributed by atoms with E-state index in [4.69, 9.17) is 0 Å². The van der Waals surface area contributed by atoms with Crippen LogP contribution in [0.3, 0.4) is 0 Å². The van der Waals surface area contributed by atoms with Gasteiger partial charge in [0.15, 0.2) is 17.5 Å². The van der Waals surface area contributed by atoms with Gasteiger partial charge in [0.2, 0.25) is 0 Å². The van der Waals surface area contributed by atoms with Crippen LogP contribution in [-0.2, 0) is 13.6 Å². The van der Waals surface area contributed by atoms with Gasteiger partial charge in [0.05, 0.1) is 0 Å². The average Bonchev–Trinajstić information content (AvgIpc) is 2.31. The van der Waals surface area contributed by atoms with Crippen molar-refractivity contribution in [2.45, 2.75) is 47.4 Å². The molecule has 1 unspecified atom stereocenters. The third-order valence-corrected chi connectivity index (χ3v) is 8.66. The predicted molar refractivity (Wildman–Crippen MR) is 74.1 cm³/mol. The van der Waals surface area contributed by atoms with Gasteiger partial charge in [0, 0.05) is 10.5 Å². The molecule has 12 heteroatoms. The molecule has 0 amide bonds. The van der Waals surface area contributed by atoms with Gasteiger partial charge in [0.25, 0.3) is 0 Å². The van der Waals surface area contributed by atoms with Crippen LogP contribution in [0, 0.1) is 0 Å². The first-order valence-electron chi connectivity index (χ1n) is 6.14. The van der Waals surface area contributed by atoms with Gasteiger partial charge in [-0.2, -0.15) is 26.3 Å². The minimum absolute atomic E-state index is 0.0708. The van der Waals surface area contributed by atoms with Crippen LogP contribution in [0.4, 0.5) is 26.3 Å². The molecule has 0 aliphatic carbocycles. The summed E-state index contributed by atoms with van der Waals surface area (Å²) in [5.41, 5.74) is 0. The topological polar surface area (TPSA) is 35.5 Å². The van der Waals surface area contributed by atoms with Crippen molar-refractivity contribution < 1.29 is 40.0 Å². The molecule has 0 aromatic rings. The lowest BCUT2D eigenvalue weighted by molar-refractivity contribution is -0.165. The second-order valence-corrected chi connectivity index (χ2v) is 11.0. The molecule has 0 aromatic heterocycles. The van der Waals surface area contributed by atoms with Crippen LogP contribution >= 0.6 is 31.1 Å². The van der Waals surface area contributed by atoms with E-state index in [0.29, 0.717) is 6.42 Å². The number of hydrogen-bond donors (Lipinski definition) is 0. The van der Waals surface area contributed by atoms with E-state index >= 15 is 0 Å². The lowest BCUT2D eigenvalue weighted by Crippen LogP contribution is -2.26. The maximum absolute atomic E-state index is 12.5. The fourth-order valence-corrected chi connectivity index (χ4v) is 8.89. The summed E-state index contributed by atoms with van der Waals surface area (Å²) in [5, 5.41) is -0.142. The van der Waals surface area contributed by atoms with Crippen LogP contribution in [-0.4, -0.2) is 40.4 Å². The zero-order chi connectivity index (χ0) is 17.2. The Bertz CT molecular complexity index is 384. The van der Waals surface area contributed by atoms with Gasteiger partial charge < -0.3 is 0 Å². The number of rotatable bonds is 5. The van der Waals surface area contributed by atoms with Crippen molar-refractivity contribution in [3.8, 4) is 0 Å². The van der Waals surface area contributed by atoms with Crippen LogP contribution in [0.1, 0.15) is 20.3 Å². The first kappa shape index (κ1) is 20.5.